The molecule has 0 radical (unpaired) electrons. The molecule has 2 heterocycles. The molecule has 0 spiro atoms. The highest BCUT2D eigenvalue weighted by atomic mass is 16.3. The molecule has 14 heavy (non-hydrogen) atoms. The summed E-state index contributed by atoms with van der Waals surface area (Å²) in [6.45, 7) is 4.18. The molecule has 2 N–H and O–H groups in total. The van der Waals surface area contributed by atoms with Crippen LogP contribution in [0.4, 0.5) is 0 Å². The summed E-state index contributed by atoms with van der Waals surface area (Å²) in [5.41, 5.74) is 7.83. The second-order valence-corrected chi connectivity index (χ2v) is 3.80. The van der Waals surface area contributed by atoms with E-state index < -0.39 is 0 Å². The minimum atomic E-state index is -0.0312. The zero-order valence-corrected chi connectivity index (χ0v) is 8.40. The average molecular weight is 190 g/mol. The molecule has 0 saturated heterocycles. The van der Waals surface area contributed by atoms with Gasteiger partial charge in [0.1, 0.15) is 5.58 Å². The van der Waals surface area contributed by atoms with Crippen LogP contribution in [-0.2, 0) is 0 Å². The van der Waals surface area contributed by atoms with Crippen molar-refractivity contribution in [2.24, 2.45) is 11.7 Å². The normalized spacial score (nSPS) is 13.7. The van der Waals surface area contributed by atoms with E-state index in [1.54, 1.807) is 12.5 Å². The van der Waals surface area contributed by atoms with Crippen LogP contribution in [0.15, 0.2) is 29.0 Å². The van der Waals surface area contributed by atoms with Crippen LogP contribution in [0, 0.1) is 5.92 Å². The maximum absolute atomic E-state index is 6.06. The van der Waals surface area contributed by atoms with Crippen molar-refractivity contribution in [1.82, 2.24) is 4.98 Å². The van der Waals surface area contributed by atoms with Crippen LogP contribution < -0.4 is 5.73 Å². The number of rotatable bonds is 2. The lowest BCUT2D eigenvalue weighted by Crippen LogP contribution is -2.18. The minimum Gasteiger partial charge on any atom is -0.464 e. The summed E-state index contributed by atoms with van der Waals surface area (Å²) in [6.07, 6.45) is 3.41. The molecular weight excluding hydrogens is 176 g/mol. The third kappa shape index (κ3) is 1.40. The summed E-state index contributed by atoms with van der Waals surface area (Å²) >= 11 is 0. The van der Waals surface area contributed by atoms with E-state index in [0.717, 1.165) is 16.7 Å². The topological polar surface area (TPSA) is 52.0 Å². The van der Waals surface area contributed by atoms with E-state index in [4.69, 9.17) is 10.2 Å². The van der Waals surface area contributed by atoms with Crippen LogP contribution in [0.3, 0.4) is 0 Å². The Kier molecular flexibility index (Phi) is 2.25. The van der Waals surface area contributed by atoms with E-state index in [1.807, 2.05) is 12.1 Å². The number of pyridine rings is 1. The van der Waals surface area contributed by atoms with Crippen LogP contribution in [0.2, 0.25) is 0 Å². The molecule has 0 bridgehead atoms. The van der Waals surface area contributed by atoms with Crippen LogP contribution in [0.25, 0.3) is 11.0 Å². The molecule has 1 unspecified atom stereocenters. The van der Waals surface area contributed by atoms with E-state index in [1.165, 1.54) is 0 Å². The number of furan rings is 1. The summed E-state index contributed by atoms with van der Waals surface area (Å²) in [7, 11) is 0. The Hall–Kier alpha value is -1.35. The van der Waals surface area contributed by atoms with Gasteiger partial charge in [0.15, 0.2) is 0 Å². The first-order valence-corrected chi connectivity index (χ1v) is 4.78. The second kappa shape index (κ2) is 3.42. The molecular formula is C11H14N2O. The molecule has 0 fully saturated rings. The third-order valence-electron chi connectivity index (χ3n) is 2.44. The summed E-state index contributed by atoms with van der Waals surface area (Å²) in [5.74, 6) is 0.378. The van der Waals surface area contributed by atoms with Crippen LogP contribution in [0.1, 0.15) is 25.6 Å². The van der Waals surface area contributed by atoms with Gasteiger partial charge in [0.2, 0.25) is 0 Å². The van der Waals surface area contributed by atoms with Crippen LogP contribution in [-0.4, -0.2) is 4.98 Å². The van der Waals surface area contributed by atoms with Crippen molar-refractivity contribution in [1.29, 1.82) is 0 Å². The molecule has 0 aliphatic heterocycles. The number of nitrogens with zero attached hydrogens (tertiary/aromatic N) is 1. The Morgan fingerprint density at radius 1 is 1.36 bits per heavy atom. The predicted octanol–water partition coefficient (Wildman–Crippen LogP) is 2.48. The van der Waals surface area contributed by atoms with Crippen molar-refractivity contribution >= 4 is 11.0 Å². The van der Waals surface area contributed by atoms with Gasteiger partial charge in [-0.05, 0) is 18.1 Å². The number of hydrogen-bond donors (Lipinski definition) is 1. The largest absolute Gasteiger partial charge is 0.464 e. The molecule has 2 aromatic rings. The highest BCUT2D eigenvalue weighted by Gasteiger charge is 2.15. The number of fused-ring (bicyclic) bond motifs is 1. The summed E-state index contributed by atoms with van der Waals surface area (Å²) in [5, 5.41) is 1.02. The van der Waals surface area contributed by atoms with E-state index in [2.05, 4.69) is 18.8 Å². The number of hydrogen-bond acceptors (Lipinski definition) is 3. The zero-order chi connectivity index (χ0) is 10.1. The zero-order valence-electron chi connectivity index (χ0n) is 8.40. The molecule has 2 aromatic heterocycles. The lowest BCUT2D eigenvalue weighted by atomic mass is 9.99. The maximum atomic E-state index is 6.06. The molecule has 0 amide bonds. The van der Waals surface area contributed by atoms with Gasteiger partial charge in [0, 0.05) is 11.6 Å². The van der Waals surface area contributed by atoms with Crippen molar-refractivity contribution in [3.05, 3.63) is 30.3 Å². The molecule has 0 aliphatic rings. The molecule has 3 heteroatoms. The fourth-order valence-electron chi connectivity index (χ4n) is 1.50. The Morgan fingerprint density at radius 2 is 2.14 bits per heavy atom. The van der Waals surface area contributed by atoms with Gasteiger partial charge in [0.05, 0.1) is 18.0 Å². The highest BCUT2D eigenvalue weighted by molar-refractivity contribution is 5.79. The van der Waals surface area contributed by atoms with Crippen molar-refractivity contribution in [3.8, 4) is 0 Å². The Bertz CT molecular complexity index is 434. The second-order valence-electron chi connectivity index (χ2n) is 3.80. The first kappa shape index (κ1) is 9.21. The summed E-state index contributed by atoms with van der Waals surface area (Å²) in [4.78, 5) is 4.32. The average Bonchev–Trinajstić information content (AvgIpc) is 2.63. The standard InChI is InChI=1S/C11H14N2O/c1-7(2)10(12)11-8-4-6-14-9(8)3-5-13-11/h3-7,10H,12H2,1-2H3. The third-order valence-corrected chi connectivity index (χ3v) is 2.44. The quantitative estimate of drug-likeness (QED) is 0.791. The van der Waals surface area contributed by atoms with Crippen molar-refractivity contribution in [2.45, 2.75) is 19.9 Å². The van der Waals surface area contributed by atoms with Crippen molar-refractivity contribution in [3.63, 3.8) is 0 Å². The van der Waals surface area contributed by atoms with Gasteiger partial charge in [-0.3, -0.25) is 4.98 Å². The fraction of sp³-hybridized carbons (Fsp3) is 0.364. The first-order chi connectivity index (χ1) is 6.70. The Balaban J connectivity index is 2.56. The molecule has 0 aliphatic carbocycles. The molecule has 2 rings (SSSR count). The number of aromatic nitrogens is 1. The van der Waals surface area contributed by atoms with E-state index in [-0.39, 0.29) is 6.04 Å². The SMILES string of the molecule is CC(C)C(N)c1nccc2occc12. The summed E-state index contributed by atoms with van der Waals surface area (Å²) in [6, 6.07) is 3.74. The molecule has 74 valence electrons. The number of nitrogens with two attached hydrogens (primary N) is 1. The predicted molar refractivity (Wildman–Crippen MR) is 55.8 cm³/mol. The monoisotopic (exact) mass is 190 g/mol. The van der Waals surface area contributed by atoms with Gasteiger partial charge in [-0.1, -0.05) is 13.8 Å². The lowest BCUT2D eigenvalue weighted by molar-refractivity contribution is 0.506. The Morgan fingerprint density at radius 3 is 2.86 bits per heavy atom. The van der Waals surface area contributed by atoms with E-state index in [0.29, 0.717) is 5.92 Å². The van der Waals surface area contributed by atoms with Gasteiger partial charge in [-0.25, -0.2) is 0 Å². The van der Waals surface area contributed by atoms with Gasteiger partial charge >= 0.3 is 0 Å². The lowest BCUT2D eigenvalue weighted by Gasteiger charge is -2.15. The highest BCUT2D eigenvalue weighted by Crippen LogP contribution is 2.25. The van der Waals surface area contributed by atoms with Gasteiger partial charge < -0.3 is 10.2 Å². The van der Waals surface area contributed by atoms with Gasteiger partial charge in [-0.15, -0.1) is 0 Å². The molecule has 1 atom stereocenters. The Labute approximate surface area is 82.9 Å². The smallest absolute Gasteiger partial charge is 0.137 e. The summed E-state index contributed by atoms with van der Waals surface area (Å²) < 4.78 is 5.29. The van der Waals surface area contributed by atoms with Crippen molar-refractivity contribution < 1.29 is 4.42 Å². The molecule has 0 aromatic carbocycles. The van der Waals surface area contributed by atoms with Crippen molar-refractivity contribution in [2.75, 3.05) is 0 Å². The molecule has 0 saturated carbocycles. The van der Waals surface area contributed by atoms with Crippen LogP contribution >= 0.6 is 0 Å². The van der Waals surface area contributed by atoms with Gasteiger partial charge in [0.25, 0.3) is 0 Å². The minimum absolute atomic E-state index is 0.0312. The van der Waals surface area contributed by atoms with Gasteiger partial charge in [-0.2, -0.15) is 0 Å². The van der Waals surface area contributed by atoms with E-state index >= 15 is 0 Å². The van der Waals surface area contributed by atoms with E-state index in [9.17, 15) is 0 Å². The van der Waals surface area contributed by atoms with Crippen LogP contribution in [0.5, 0.6) is 0 Å². The first-order valence-electron chi connectivity index (χ1n) is 4.78. The fourth-order valence-corrected chi connectivity index (χ4v) is 1.50. The molecule has 3 nitrogen and oxygen atoms in total. The maximum Gasteiger partial charge on any atom is 0.137 e.